The second-order valence-electron chi connectivity index (χ2n) is 6.00. The van der Waals surface area contributed by atoms with Crippen LogP contribution in [0.25, 0.3) is 0 Å². The molecule has 0 saturated heterocycles. The number of hydrogen-bond acceptors (Lipinski definition) is 2. The van der Waals surface area contributed by atoms with Gasteiger partial charge in [0, 0.05) is 6.61 Å². The van der Waals surface area contributed by atoms with Crippen LogP contribution < -0.4 is 10.4 Å². The van der Waals surface area contributed by atoms with Crippen LogP contribution in [0, 0.1) is 0 Å². The van der Waals surface area contributed by atoms with E-state index in [2.05, 4.69) is 68.2 Å². The van der Waals surface area contributed by atoms with Crippen LogP contribution in [0.15, 0.2) is 60.7 Å². The van der Waals surface area contributed by atoms with Crippen molar-refractivity contribution < 1.29 is 8.54 Å². The first-order chi connectivity index (χ1) is 9.98. The average molecular weight is 317 g/mol. The van der Waals surface area contributed by atoms with E-state index < -0.39 is 16.9 Å². The lowest BCUT2D eigenvalue weighted by atomic mass is 10.4. The van der Waals surface area contributed by atoms with Gasteiger partial charge in [-0.3, -0.25) is 0 Å². The Morgan fingerprint density at radius 1 is 0.762 bits per heavy atom. The largest absolute Gasteiger partial charge is 0.430 e. The summed E-state index contributed by atoms with van der Waals surface area (Å²) < 4.78 is 13.0. The molecule has 0 aromatic heterocycles. The zero-order valence-corrected chi connectivity index (χ0v) is 15.3. The van der Waals surface area contributed by atoms with Crippen molar-refractivity contribution in [2.24, 2.45) is 0 Å². The third-order valence-electron chi connectivity index (χ3n) is 3.11. The second-order valence-corrected chi connectivity index (χ2v) is 13.7. The number of hydrogen-bond donors (Lipinski definition) is 0. The molecule has 0 N–H and O–H groups in total. The quantitative estimate of drug-likeness (QED) is 0.762. The molecule has 0 atom stereocenters. The van der Waals surface area contributed by atoms with Crippen molar-refractivity contribution in [1.29, 1.82) is 0 Å². The van der Waals surface area contributed by atoms with Gasteiger partial charge in [0.05, 0.1) is 0 Å². The van der Waals surface area contributed by atoms with Crippen LogP contribution in [0.5, 0.6) is 0 Å². The monoisotopic (exact) mass is 316 g/mol. The Bertz CT molecular complexity index is 511. The molecule has 0 spiro atoms. The third kappa shape index (κ3) is 3.92. The van der Waals surface area contributed by atoms with Crippen LogP contribution in [0.2, 0.25) is 19.6 Å². The number of rotatable bonds is 6. The molecule has 112 valence electrons. The molecule has 0 fully saturated rings. The lowest BCUT2D eigenvalue weighted by molar-refractivity contribution is 0.275. The van der Waals surface area contributed by atoms with E-state index >= 15 is 0 Å². The second kappa shape index (κ2) is 6.70. The maximum absolute atomic E-state index is 6.69. The lowest BCUT2D eigenvalue weighted by Gasteiger charge is -2.36. The van der Waals surface area contributed by atoms with E-state index in [-0.39, 0.29) is 0 Å². The van der Waals surface area contributed by atoms with Gasteiger partial charge in [-0.05, 0) is 36.9 Å². The van der Waals surface area contributed by atoms with Gasteiger partial charge in [-0.1, -0.05) is 60.7 Å². The molecular weight excluding hydrogens is 292 g/mol. The predicted octanol–water partition coefficient (Wildman–Crippen LogP) is 3.13. The molecule has 2 aromatic carbocycles. The maximum atomic E-state index is 6.69. The summed E-state index contributed by atoms with van der Waals surface area (Å²) in [5.74, 6) is 0. The molecular formula is C17H24O2Si2. The highest BCUT2D eigenvalue weighted by atomic mass is 28.4. The SMILES string of the molecule is CCO[Si](O[Si](C)(C)C)(c1ccccc1)c1ccccc1. The topological polar surface area (TPSA) is 18.5 Å². The standard InChI is InChI=1S/C17H24O2Si2/c1-5-18-21(19-20(2,3)4,16-12-8-6-9-13-16)17-14-10-7-11-15-17/h6-15H,5H2,1-4H3. The smallest absolute Gasteiger partial charge is 0.396 e. The van der Waals surface area contributed by atoms with E-state index in [1.54, 1.807) is 0 Å². The van der Waals surface area contributed by atoms with Crippen LogP contribution in [-0.4, -0.2) is 23.5 Å². The minimum Gasteiger partial charge on any atom is -0.430 e. The van der Waals surface area contributed by atoms with E-state index in [4.69, 9.17) is 8.54 Å². The average Bonchev–Trinajstić information content (AvgIpc) is 2.47. The minimum absolute atomic E-state index is 0.653. The molecule has 0 amide bonds. The fourth-order valence-electron chi connectivity index (χ4n) is 2.43. The van der Waals surface area contributed by atoms with Crippen LogP contribution in [0.3, 0.4) is 0 Å². The molecule has 0 aliphatic heterocycles. The van der Waals surface area contributed by atoms with Crippen LogP contribution in [-0.2, 0) is 8.54 Å². The summed E-state index contributed by atoms with van der Waals surface area (Å²) in [5.41, 5.74) is 0. The fourth-order valence-corrected chi connectivity index (χ4v) is 9.39. The minimum atomic E-state index is -2.62. The van der Waals surface area contributed by atoms with E-state index in [0.717, 1.165) is 0 Å². The van der Waals surface area contributed by atoms with Crippen molar-refractivity contribution in [2.45, 2.75) is 26.6 Å². The van der Waals surface area contributed by atoms with E-state index in [0.29, 0.717) is 6.61 Å². The molecule has 2 rings (SSSR count). The molecule has 0 radical (unpaired) electrons. The normalized spacial score (nSPS) is 12.4. The molecule has 2 nitrogen and oxygen atoms in total. The molecule has 0 bridgehead atoms. The molecule has 2 aromatic rings. The van der Waals surface area contributed by atoms with Gasteiger partial charge in [-0.15, -0.1) is 0 Å². The molecule has 0 unspecified atom stereocenters. The molecule has 4 heteroatoms. The van der Waals surface area contributed by atoms with Crippen molar-refractivity contribution in [1.82, 2.24) is 0 Å². The fraction of sp³-hybridized carbons (Fsp3) is 0.294. The van der Waals surface area contributed by atoms with Crippen LogP contribution in [0.4, 0.5) is 0 Å². The Morgan fingerprint density at radius 3 is 1.52 bits per heavy atom. The molecule has 0 aliphatic rings. The summed E-state index contributed by atoms with van der Waals surface area (Å²) in [5, 5.41) is 2.36. The predicted molar refractivity (Wildman–Crippen MR) is 94.0 cm³/mol. The van der Waals surface area contributed by atoms with E-state index in [9.17, 15) is 0 Å². The van der Waals surface area contributed by atoms with Gasteiger partial charge in [0.1, 0.15) is 0 Å². The first kappa shape index (κ1) is 16.2. The van der Waals surface area contributed by atoms with Crippen LogP contribution in [0.1, 0.15) is 6.92 Å². The van der Waals surface area contributed by atoms with Gasteiger partial charge < -0.3 is 8.54 Å². The summed E-state index contributed by atoms with van der Waals surface area (Å²) >= 11 is 0. The Balaban J connectivity index is 2.60. The molecule has 0 aliphatic carbocycles. The van der Waals surface area contributed by atoms with Gasteiger partial charge in [0.25, 0.3) is 0 Å². The zero-order valence-electron chi connectivity index (χ0n) is 13.3. The summed E-state index contributed by atoms with van der Waals surface area (Å²) in [6.07, 6.45) is 0. The van der Waals surface area contributed by atoms with Crippen molar-refractivity contribution in [3.63, 3.8) is 0 Å². The Kier molecular flexibility index (Phi) is 5.16. The summed E-state index contributed by atoms with van der Waals surface area (Å²) in [6.45, 7) is 9.36. The van der Waals surface area contributed by atoms with E-state index in [1.807, 2.05) is 19.1 Å². The van der Waals surface area contributed by atoms with Crippen molar-refractivity contribution in [3.05, 3.63) is 60.7 Å². The summed E-state index contributed by atoms with van der Waals surface area (Å²) in [6, 6.07) is 20.9. The third-order valence-corrected chi connectivity index (χ3v) is 9.59. The zero-order chi connectivity index (χ0) is 15.3. The van der Waals surface area contributed by atoms with Crippen molar-refractivity contribution in [3.8, 4) is 0 Å². The first-order valence-electron chi connectivity index (χ1n) is 7.43. The van der Waals surface area contributed by atoms with Gasteiger partial charge in [0.2, 0.25) is 0 Å². The van der Waals surface area contributed by atoms with Gasteiger partial charge in [-0.2, -0.15) is 0 Å². The van der Waals surface area contributed by atoms with Crippen LogP contribution >= 0.6 is 0 Å². The highest BCUT2D eigenvalue weighted by Gasteiger charge is 2.45. The Morgan fingerprint density at radius 2 is 1.19 bits per heavy atom. The Labute approximate surface area is 130 Å². The van der Waals surface area contributed by atoms with Gasteiger partial charge in [-0.25, -0.2) is 0 Å². The van der Waals surface area contributed by atoms with E-state index in [1.165, 1.54) is 10.4 Å². The summed E-state index contributed by atoms with van der Waals surface area (Å²) in [4.78, 5) is 0. The Hall–Kier alpha value is -1.21. The molecule has 0 saturated carbocycles. The summed E-state index contributed by atoms with van der Waals surface area (Å²) in [7, 11) is -4.38. The highest BCUT2D eigenvalue weighted by Crippen LogP contribution is 2.16. The first-order valence-corrected chi connectivity index (χ1v) is 12.7. The number of benzene rings is 2. The maximum Gasteiger partial charge on any atom is 0.396 e. The highest BCUT2D eigenvalue weighted by molar-refractivity contribution is 6.98. The molecule has 0 heterocycles. The lowest BCUT2D eigenvalue weighted by Crippen LogP contribution is -2.66. The molecule has 21 heavy (non-hydrogen) atoms. The van der Waals surface area contributed by atoms with Crippen molar-refractivity contribution in [2.75, 3.05) is 6.61 Å². The van der Waals surface area contributed by atoms with Gasteiger partial charge >= 0.3 is 8.56 Å². The van der Waals surface area contributed by atoms with Gasteiger partial charge in [0.15, 0.2) is 8.32 Å². The van der Waals surface area contributed by atoms with Crippen molar-refractivity contribution >= 4 is 27.3 Å².